The van der Waals surface area contributed by atoms with Crippen LogP contribution >= 0.6 is 0 Å². The molecule has 0 radical (unpaired) electrons. The molecule has 116 valence electrons. The standard InChI is InChI=1S/C14H21N3O4/c1-10(2)21-14-7-11(3-4-13(14)17(18)19)16-8-12-9-20-6-5-15-12/h3-4,7,10,12,15-16H,5-6,8-9H2,1-2H3. The van der Waals surface area contributed by atoms with Gasteiger partial charge in [0.05, 0.1) is 24.2 Å². The quantitative estimate of drug-likeness (QED) is 0.614. The first-order valence-electron chi connectivity index (χ1n) is 7.06. The Labute approximate surface area is 123 Å². The van der Waals surface area contributed by atoms with Gasteiger partial charge in [-0.15, -0.1) is 0 Å². The Morgan fingerprint density at radius 3 is 3.00 bits per heavy atom. The number of nitrogens with zero attached hydrogens (tertiary/aromatic N) is 1. The highest BCUT2D eigenvalue weighted by Crippen LogP contribution is 2.30. The van der Waals surface area contributed by atoms with Crippen molar-refractivity contribution in [2.24, 2.45) is 0 Å². The summed E-state index contributed by atoms with van der Waals surface area (Å²) in [5.74, 6) is 0.285. The maximum Gasteiger partial charge on any atom is 0.311 e. The Morgan fingerprint density at radius 2 is 2.38 bits per heavy atom. The third-order valence-corrected chi connectivity index (χ3v) is 3.07. The second kappa shape index (κ2) is 7.24. The molecule has 7 heteroatoms. The summed E-state index contributed by atoms with van der Waals surface area (Å²) in [6.45, 7) is 6.61. The molecule has 1 heterocycles. The van der Waals surface area contributed by atoms with E-state index in [0.717, 1.165) is 18.8 Å². The van der Waals surface area contributed by atoms with Gasteiger partial charge < -0.3 is 20.1 Å². The van der Waals surface area contributed by atoms with Crippen LogP contribution in [0.3, 0.4) is 0 Å². The molecule has 0 saturated carbocycles. The van der Waals surface area contributed by atoms with E-state index in [1.54, 1.807) is 12.1 Å². The van der Waals surface area contributed by atoms with E-state index in [2.05, 4.69) is 10.6 Å². The van der Waals surface area contributed by atoms with E-state index in [1.165, 1.54) is 6.07 Å². The lowest BCUT2D eigenvalue weighted by atomic mass is 10.2. The number of nitro benzene ring substituents is 1. The van der Waals surface area contributed by atoms with Gasteiger partial charge >= 0.3 is 5.69 Å². The number of anilines is 1. The molecule has 21 heavy (non-hydrogen) atoms. The normalized spacial score (nSPS) is 18.5. The molecule has 1 aliphatic heterocycles. The van der Waals surface area contributed by atoms with E-state index in [1.807, 2.05) is 13.8 Å². The molecule has 1 unspecified atom stereocenters. The van der Waals surface area contributed by atoms with Crippen LogP contribution in [0.15, 0.2) is 18.2 Å². The van der Waals surface area contributed by atoms with Gasteiger partial charge in [0.15, 0.2) is 5.75 Å². The monoisotopic (exact) mass is 295 g/mol. The highest BCUT2D eigenvalue weighted by Gasteiger charge is 2.18. The second-order valence-electron chi connectivity index (χ2n) is 5.21. The van der Waals surface area contributed by atoms with E-state index in [0.29, 0.717) is 13.2 Å². The summed E-state index contributed by atoms with van der Waals surface area (Å²) >= 11 is 0. The van der Waals surface area contributed by atoms with Crippen LogP contribution in [-0.2, 0) is 4.74 Å². The third-order valence-electron chi connectivity index (χ3n) is 3.07. The van der Waals surface area contributed by atoms with E-state index in [9.17, 15) is 10.1 Å². The Morgan fingerprint density at radius 1 is 1.57 bits per heavy atom. The summed E-state index contributed by atoms with van der Waals surface area (Å²) in [7, 11) is 0. The molecule has 0 aliphatic carbocycles. The number of morpholine rings is 1. The SMILES string of the molecule is CC(C)Oc1cc(NCC2COCCN2)ccc1[N+](=O)[O-]. The molecule has 0 amide bonds. The molecule has 1 atom stereocenters. The zero-order chi connectivity index (χ0) is 15.2. The molecule has 2 rings (SSSR count). The van der Waals surface area contributed by atoms with Crippen LogP contribution in [0.4, 0.5) is 11.4 Å². The van der Waals surface area contributed by atoms with Gasteiger partial charge in [0.2, 0.25) is 0 Å². The zero-order valence-corrected chi connectivity index (χ0v) is 12.3. The lowest BCUT2D eigenvalue weighted by molar-refractivity contribution is -0.386. The molecule has 1 aromatic carbocycles. The molecule has 1 fully saturated rings. The van der Waals surface area contributed by atoms with Crippen molar-refractivity contribution in [3.63, 3.8) is 0 Å². The molecule has 0 spiro atoms. The van der Waals surface area contributed by atoms with Gasteiger partial charge in [0, 0.05) is 37.0 Å². The number of nitrogens with one attached hydrogen (secondary N) is 2. The Kier molecular flexibility index (Phi) is 5.35. The number of nitro groups is 1. The van der Waals surface area contributed by atoms with E-state index >= 15 is 0 Å². The molecule has 1 saturated heterocycles. The fourth-order valence-electron chi connectivity index (χ4n) is 2.12. The summed E-state index contributed by atoms with van der Waals surface area (Å²) in [4.78, 5) is 10.6. The Hall–Kier alpha value is -1.86. The molecule has 0 bridgehead atoms. The number of hydrogen-bond acceptors (Lipinski definition) is 6. The van der Waals surface area contributed by atoms with Gasteiger partial charge in [0.25, 0.3) is 0 Å². The van der Waals surface area contributed by atoms with E-state index in [-0.39, 0.29) is 23.6 Å². The molecular weight excluding hydrogens is 274 g/mol. The summed E-state index contributed by atoms with van der Waals surface area (Å²) in [6.07, 6.45) is -0.118. The molecule has 1 aromatic rings. The highest BCUT2D eigenvalue weighted by molar-refractivity contribution is 5.58. The van der Waals surface area contributed by atoms with Crippen molar-refractivity contribution in [1.82, 2.24) is 5.32 Å². The van der Waals surface area contributed by atoms with Crippen molar-refractivity contribution < 1.29 is 14.4 Å². The summed E-state index contributed by atoms with van der Waals surface area (Å²) in [6, 6.07) is 5.06. The fraction of sp³-hybridized carbons (Fsp3) is 0.571. The van der Waals surface area contributed by atoms with Crippen molar-refractivity contribution in [2.45, 2.75) is 26.0 Å². The van der Waals surface area contributed by atoms with Crippen molar-refractivity contribution in [2.75, 3.05) is 31.6 Å². The molecular formula is C14H21N3O4. The van der Waals surface area contributed by atoms with Crippen LogP contribution in [0.2, 0.25) is 0 Å². The summed E-state index contributed by atoms with van der Waals surface area (Å²) in [5.41, 5.74) is 0.775. The van der Waals surface area contributed by atoms with Gasteiger partial charge in [-0.25, -0.2) is 0 Å². The molecule has 2 N–H and O–H groups in total. The Balaban J connectivity index is 2.03. The van der Waals surface area contributed by atoms with E-state index in [4.69, 9.17) is 9.47 Å². The first-order chi connectivity index (χ1) is 10.1. The van der Waals surface area contributed by atoms with Crippen molar-refractivity contribution in [3.8, 4) is 5.75 Å². The third kappa shape index (κ3) is 4.57. The predicted molar refractivity (Wildman–Crippen MR) is 80.0 cm³/mol. The van der Waals surface area contributed by atoms with Crippen LogP contribution < -0.4 is 15.4 Å². The lowest BCUT2D eigenvalue weighted by Gasteiger charge is -2.24. The maximum absolute atomic E-state index is 11.0. The van der Waals surface area contributed by atoms with Crippen LogP contribution in [0.1, 0.15) is 13.8 Å². The molecule has 0 aromatic heterocycles. The van der Waals surface area contributed by atoms with Crippen LogP contribution in [0, 0.1) is 10.1 Å². The number of ether oxygens (including phenoxy) is 2. The van der Waals surface area contributed by atoms with Gasteiger partial charge in [0.1, 0.15) is 0 Å². The minimum Gasteiger partial charge on any atom is -0.484 e. The average Bonchev–Trinajstić information content (AvgIpc) is 2.45. The molecule has 7 nitrogen and oxygen atoms in total. The van der Waals surface area contributed by atoms with Crippen LogP contribution in [0.5, 0.6) is 5.75 Å². The van der Waals surface area contributed by atoms with Gasteiger partial charge in [-0.2, -0.15) is 0 Å². The molecule has 1 aliphatic rings. The van der Waals surface area contributed by atoms with Gasteiger partial charge in [-0.05, 0) is 19.9 Å². The second-order valence-corrected chi connectivity index (χ2v) is 5.21. The van der Waals surface area contributed by atoms with E-state index < -0.39 is 4.92 Å². The van der Waals surface area contributed by atoms with Crippen molar-refractivity contribution in [3.05, 3.63) is 28.3 Å². The summed E-state index contributed by atoms with van der Waals surface area (Å²) < 4.78 is 10.9. The smallest absolute Gasteiger partial charge is 0.311 e. The first-order valence-corrected chi connectivity index (χ1v) is 7.06. The minimum atomic E-state index is -0.433. The summed E-state index contributed by atoms with van der Waals surface area (Å²) in [5, 5.41) is 17.6. The Bertz CT molecular complexity index is 487. The largest absolute Gasteiger partial charge is 0.484 e. The average molecular weight is 295 g/mol. The van der Waals surface area contributed by atoms with Crippen LogP contribution in [0.25, 0.3) is 0 Å². The predicted octanol–water partition coefficient (Wildman–Crippen LogP) is 1.78. The fourth-order valence-corrected chi connectivity index (χ4v) is 2.12. The number of rotatable bonds is 6. The van der Waals surface area contributed by atoms with Crippen molar-refractivity contribution in [1.29, 1.82) is 0 Å². The van der Waals surface area contributed by atoms with Gasteiger partial charge in [-0.1, -0.05) is 0 Å². The van der Waals surface area contributed by atoms with Gasteiger partial charge in [-0.3, -0.25) is 10.1 Å². The van der Waals surface area contributed by atoms with Crippen molar-refractivity contribution >= 4 is 11.4 Å². The lowest BCUT2D eigenvalue weighted by Crippen LogP contribution is -2.45. The first kappa shape index (κ1) is 15.5. The zero-order valence-electron chi connectivity index (χ0n) is 12.3. The highest BCUT2D eigenvalue weighted by atomic mass is 16.6. The topological polar surface area (TPSA) is 85.7 Å². The minimum absolute atomic E-state index is 0.0200. The maximum atomic E-state index is 11.0. The van der Waals surface area contributed by atoms with Crippen LogP contribution in [-0.4, -0.2) is 43.4 Å². The number of benzene rings is 1. The number of hydrogen-bond donors (Lipinski definition) is 2.